The number of hydrogen-bond acceptors (Lipinski definition) is 3. The molecule has 0 atom stereocenters. The van der Waals surface area contributed by atoms with E-state index in [2.05, 4.69) is 28.8 Å². The van der Waals surface area contributed by atoms with Crippen LogP contribution in [0, 0.1) is 5.82 Å². The van der Waals surface area contributed by atoms with E-state index in [1.807, 2.05) is 11.8 Å². The second-order valence-electron chi connectivity index (χ2n) is 4.69. The first-order valence-corrected chi connectivity index (χ1v) is 9.05. The molecule has 124 valence electrons. The van der Waals surface area contributed by atoms with Crippen LogP contribution in [0.15, 0.2) is 29.3 Å². The number of benzene rings is 1. The predicted molar refractivity (Wildman–Crippen MR) is 93.5 cm³/mol. The van der Waals surface area contributed by atoms with Crippen molar-refractivity contribution in [3.8, 4) is 5.75 Å². The lowest BCUT2D eigenvalue weighted by molar-refractivity contribution is 0.307. The monoisotopic (exact) mass is 327 g/mol. The van der Waals surface area contributed by atoms with Crippen LogP contribution >= 0.6 is 11.8 Å². The normalized spacial score (nSPS) is 11.3. The molecule has 1 rings (SSSR count). The van der Waals surface area contributed by atoms with E-state index in [9.17, 15) is 4.39 Å². The lowest BCUT2D eigenvalue weighted by Gasteiger charge is -2.10. The Kier molecular flexibility index (Phi) is 10.3. The van der Waals surface area contributed by atoms with Crippen LogP contribution in [-0.4, -0.2) is 44.2 Å². The number of hydrogen-bond donors (Lipinski definition) is 2. The fraction of sp³-hybridized carbons (Fsp3) is 0.562. The van der Waals surface area contributed by atoms with Crippen LogP contribution in [0.5, 0.6) is 5.75 Å². The molecule has 22 heavy (non-hydrogen) atoms. The zero-order valence-electron chi connectivity index (χ0n) is 13.4. The quantitative estimate of drug-likeness (QED) is 0.394. The molecule has 0 unspecified atom stereocenters. The third-order valence-corrected chi connectivity index (χ3v) is 3.46. The van der Waals surface area contributed by atoms with Gasteiger partial charge in [-0.05, 0) is 50.3 Å². The maximum Gasteiger partial charge on any atom is 0.191 e. The average molecular weight is 327 g/mol. The Labute approximate surface area is 136 Å². The second kappa shape index (κ2) is 12.1. The van der Waals surface area contributed by atoms with E-state index in [4.69, 9.17) is 4.74 Å². The summed E-state index contributed by atoms with van der Waals surface area (Å²) in [6, 6.07) is 6.10. The Morgan fingerprint density at radius 2 is 2.00 bits per heavy atom. The van der Waals surface area contributed by atoms with Gasteiger partial charge in [-0.2, -0.15) is 11.8 Å². The van der Waals surface area contributed by atoms with E-state index in [-0.39, 0.29) is 5.82 Å². The highest BCUT2D eigenvalue weighted by atomic mass is 32.2. The fourth-order valence-electron chi connectivity index (χ4n) is 1.74. The Morgan fingerprint density at radius 1 is 1.23 bits per heavy atom. The summed E-state index contributed by atoms with van der Waals surface area (Å²) in [6.07, 6.45) is 3.97. The van der Waals surface area contributed by atoms with Gasteiger partial charge in [-0.15, -0.1) is 0 Å². The van der Waals surface area contributed by atoms with Gasteiger partial charge >= 0.3 is 0 Å². The van der Waals surface area contributed by atoms with E-state index >= 15 is 0 Å². The number of thioether (sulfide) groups is 1. The van der Waals surface area contributed by atoms with Gasteiger partial charge in [0.1, 0.15) is 11.6 Å². The van der Waals surface area contributed by atoms with Crippen LogP contribution in [0.4, 0.5) is 4.39 Å². The van der Waals surface area contributed by atoms with Crippen molar-refractivity contribution in [3.63, 3.8) is 0 Å². The van der Waals surface area contributed by atoms with Gasteiger partial charge in [0.25, 0.3) is 0 Å². The minimum atomic E-state index is -0.244. The molecule has 0 spiro atoms. The molecule has 2 N–H and O–H groups in total. The third kappa shape index (κ3) is 8.77. The zero-order valence-corrected chi connectivity index (χ0v) is 14.2. The smallest absolute Gasteiger partial charge is 0.191 e. The molecule has 0 aliphatic carbocycles. The molecule has 0 heterocycles. The highest BCUT2D eigenvalue weighted by Crippen LogP contribution is 2.11. The second-order valence-corrected chi connectivity index (χ2v) is 5.68. The maximum absolute atomic E-state index is 12.7. The topological polar surface area (TPSA) is 45.7 Å². The van der Waals surface area contributed by atoms with E-state index < -0.39 is 0 Å². The number of rotatable bonds is 10. The molecule has 0 fully saturated rings. The standard InChI is InChI=1S/C16H26FN3OS/c1-3-18-16(20-11-13-22-2)19-10-4-5-12-21-15-8-6-14(17)7-9-15/h6-9H,3-5,10-13H2,1-2H3,(H2,18,19,20). The van der Waals surface area contributed by atoms with Crippen molar-refractivity contribution >= 4 is 17.7 Å². The van der Waals surface area contributed by atoms with Crippen molar-refractivity contribution in [1.82, 2.24) is 10.6 Å². The van der Waals surface area contributed by atoms with Gasteiger partial charge in [0.05, 0.1) is 6.61 Å². The highest BCUT2D eigenvalue weighted by molar-refractivity contribution is 7.98. The molecule has 0 saturated carbocycles. The van der Waals surface area contributed by atoms with Gasteiger partial charge in [0, 0.05) is 25.4 Å². The number of unbranched alkanes of at least 4 members (excludes halogenated alkanes) is 1. The molecule has 1 aromatic rings. The summed E-state index contributed by atoms with van der Waals surface area (Å²) < 4.78 is 18.3. The van der Waals surface area contributed by atoms with E-state index in [0.717, 1.165) is 44.2 Å². The van der Waals surface area contributed by atoms with Crippen molar-refractivity contribution in [2.24, 2.45) is 4.99 Å². The molecule has 0 aliphatic rings. The largest absolute Gasteiger partial charge is 0.494 e. The summed E-state index contributed by atoms with van der Waals surface area (Å²) >= 11 is 1.81. The van der Waals surface area contributed by atoms with Crippen molar-refractivity contribution in [3.05, 3.63) is 30.1 Å². The Hall–Kier alpha value is -1.43. The SMILES string of the molecule is CCNC(=NCCCCOc1ccc(F)cc1)NCCSC. The molecule has 0 aromatic heterocycles. The average Bonchev–Trinajstić information content (AvgIpc) is 2.52. The Balaban J connectivity index is 2.15. The number of halogens is 1. The summed E-state index contributed by atoms with van der Waals surface area (Å²) in [5.74, 6) is 2.40. The first kappa shape index (κ1) is 18.6. The van der Waals surface area contributed by atoms with E-state index in [0.29, 0.717) is 12.4 Å². The number of guanidine groups is 1. The molecule has 0 amide bonds. The van der Waals surface area contributed by atoms with Crippen LogP contribution < -0.4 is 15.4 Å². The molecular weight excluding hydrogens is 301 g/mol. The van der Waals surface area contributed by atoms with Crippen molar-refractivity contribution in [2.75, 3.05) is 38.2 Å². The third-order valence-electron chi connectivity index (χ3n) is 2.85. The minimum Gasteiger partial charge on any atom is -0.494 e. The van der Waals surface area contributed by atoms with Crippen molar-refractivity contribution in [2.45, 2.75) is 19.8 Å². The van der Waals surface area contributed by atoms with Gasteiger partial charge < -0.3 is 15.4 Å². The first-order chi connectivity index (χ1) is 10.8. The highest BCUT2D eigenvalue weighted by Gasteiger charge is 1.97. The van der Waals surface area contributed by atoms with Gasteiger partial charge in [0.15, 0.2) is 5.96 Å². The summed E-state index contributed by atoms with van der Waals surface area (Å²) in [7, 11) is 0. The summed E-state index contributed by atoms with van der Waals surface area (Å²) in [4.78, 5) is 4.52. The molecule has 1 aromatic carbocycles. The van der Waals surface area contributed by atoms with Crippen LogP contribution in [0.2, 0.25) is 0 Å². The van der Waals surface area contributed by atoms with Crippen molar-refractivity contribution in [1.29, 1.82) is 0 Å². The van der Waals surface area contributed by atoms with E-state index in [1.165, 1.54) is 12.1 Å². The van der Waals surface area contributed by atoms with Gasteiger partial charge in [0.2, 0.25) is 0 Å². The Morgan fingerprint density at radius 3 is 2.68 bits per heavy atom. The number of nitrogens with one attached hydrogen (secondary N) is 2. The molecule has 6 heteroatoms. The van der Waals surface area contributed by atoms with Crippen LogP contribution in [-0.2, 0) is 0 Å². The molecular formula is C16H26FN3OS. The van der Waals surface area contributed by atoms with E-state index in [1.54, 1.807) is 12.1 Å². The van der Waals surface area contributed by atoms with Crippen LogP contribution in [0.1, 0.15) is 19.8 Å². The van der Waals surface area contributed by atoms with Gasteiger partial charge in [-0.25, -0.2) is 4.39 Å². The molecule has 0 bridgehead atoms. The molecule has 0 radical (unpaired) electrons. The fourth-order valence-corrected chi connectivity index (χ4v) is 2.04. The van der Waals surface area contributed by atoms with Crippen LogP contribution in [0.3, 0.4) is 0 Å². The zero-order chi connectivity index (χ0) is 16.0. The first-order valence-electron chi connectivity index (χ1n) is 7.65. The molecule has 0 saturated heterocycles. The summed E-state index contributed by atoms with van der Waals surface area (Å²) in [6.45, 7) is 5.22. The van der Waals surface area contributed by atoms with Gasteiger partial charge in [-0.3, -0.25) is 4.99 Å². The van der Waals surface area contributed by atoms with Crippen molar-refractivity contribution < 1.29 is 9.13 Å². The lowest BCUT2D eigenvalue weighted by atomic mass is 10.3. The number of aliphatic imine (C=N–C) groups is 1. The van der Waals surface area contributed by atoms with Gasteiger partial charge in [-0.1, -0.05) is 0 Å². The molecule has 4 nitrogen and oxygen atoms in total. The number of nitrogens with zero attached hydrogens (tertiary/aromatic N) is 1. The summed E-state index contributed by atoms with van der Waals surface area (Å²) in [5, 5.41) is 6.52. The maximum atomic E-state index is 12.7. The summed E-state index contributed by atoms with van der Waals surface area (Å²) in [5.41, 5.74) is 0. The number of ether oxygens (including phenoxy) is 1. The lowest BCUT2D eigenvalue weighted by Crippen LogP contribution is -2.38. The minimum absolute atomic E-state index is 0.244. The van der Waals surface area contributed by atoms with Crippen LogP contribution in [0.25, 0.3) is 0 Å². The molecule has 0 aliphatic heterocycles. The predicted octanol–water partition coefficient (Wildman–Crippen LogP) is 2.90. The Bertz CT molecular complexity index is 426.